The van der Waals surface area contributed by atoms with Gasteiger partial charge in [0.1, 0.15) is 11.9 Å². The van der Waals surface area contributed by atoms with Crippen LogP contribution >= 0.6 is 23.4 Å². The molecule has 0 saturated heterocycles. The molecule has 0 unspecified atom stereocenters. The molecule has 0 saturated carbocycles. The average Bonchev–Trinajstić information content (AvgIpc) is 2.78. The van der Waals surface area contributed by atoms with Crippen LogP contribution in [0.25, 0.3) is 0 Å². The number of anilines is 1. The van der Waals surface area contributed by atoms with E-state index in [0.717, 1.165) is 16.7 Å². The number of carbonyl (C=O) groups is 1. The summed E-state index contributed by atoms with van der Waals surface area (Å²) in [6.45, 7) is 0.105. The summed E-state index contributed by atoms with van der Waals surface area (Å²) < 4.78 is 1.54. The SMILES string of the molecule is N#CSc1ccc(NC(=O)Cn2ccnc2Cl)cc1. The van der Waals surface area contributed by atoms with Crippen molar-refractivity contribution >= 4 is 35.0 Å². The molecule has 19 heavy (non-hydrogen) atoms. The van der Waals surface area contributed by atoms with Crippen LogP contribution in [0.3, 0.4) is 0 Å². The zero-order chi connectivity index (χ0) is 13.7. The molecule has 0 radical (unpaired) electrons. The van der Waals surface area contributed by atoms with Crippen molar-refractivity contribution < 1.29 is 4.79 Å². The molecule has 0 fully saturated rings. The molecule has 2 rings (SSSR count). The van der Waals surface area contributed by atoms with E-state index in [1.54, 1.807) is 30.5 Å². The molecule has 1 N–H and O–H groups in total. The minimum Gasteiger partial charge on any atom is -0.325 e. The minimum absolute atomic E-state index is 0.105. The average molecular weight is 293 g/mol. The second kappa shape index (κ2) is 6.27. The number of benzene rings is 1. The lowest BCUT2D eigenvalue weighted by atomic mass is 10.3. The molecular formula is C12H9ClN4OS. The highest BCUT2D eigenvalue weighted by molar-refractivity contribution is 8.03. The predicted molar refractivity (Wildman–Crippen MR) is 73.8 cm³/mol. The zero-order valence-electron chi connectivity index (χ0n) is 9.71. The number of hydrogen-bond acceptors (Lipinski definition) is 4. The fourth-order valence-electron chi connectivity index (χ4n) is 1.44. The Morgan fingerprint density at radius 3 is 2.79 bits per heavy atom. The maximum Gasteiger partial charge on any atom is 0.244 e. The molecule has 1 amide bonds. The van der Waals surface area contributed by atoms with E-state index in [1.807, 2.05) is 5.40 Å². The molecule has 0 aliphatic heterocycles. The van der Waals surface area contributed by atoms with Gasteiger partial charge in [0.2, 0.25) is 11.2 Å². The number of thioether (sulfide) groups is 1. The van der Waals surface area contributed by atoms with Gasteiger partial charge in [0.05, 0.1) is 0 Å². The van der Waals surface area contributed by atoms with E-state index in [9.17, 15) is 4.79 Å². The second-order valence-corrected chi connectivity index (χ2v) is 4.79. The maximum absolute atomic E-state index is 11.8. The minimum atomic E-state index is -0.194. The third kappa shape index (κ3) is 3.74. The number of imidazole rings is 1. The maximum atomic E-state index is 11.8. The largest absolute Gasteiger partial charge is 0.325 e. The Morgan fingerprint density at radius 1 is 1.47 bits per heavy atom. The fourth-order valence-corrected chi connectivity index (χ4v) is 1.99. The van der Waals surface area contributed by atoms with Gasteiger partial charge in [-0.25, -0.2) is 4.98 Å². The molecule has 96 valence electrons. The lowest BCUT2D eigenvalue weighted by molar-refractivity contribution is -0.116. The van der Waals surface area contributed by atoms with Crippen LogP contribution in [0.5, 0.6) is 0 Å². The Labute approximate surface area is 119 Å². The van der Waals surface area contributed by atoms with Gasteiger partial charge in [0.15, 0.2) is 0 Å². The number of hydrogen-bond donors (Lipinski definition) is 1. The molecule has 0 aliphatic rings. The third-order valence-electron chi connectivity index (χ3n) is 2.28. The van der Waals surface area contributed by atoms with Crippen molar-refractivity contribution in [2.24, 2.45) is 0 Å². The van der Waals surface area contributed by atoms with Gasteiger partial charge in [-0.3, -0.25) is 4.79 Å². The first-order valence-corrected chi connectivity index (χ1v) is 6.51. The van der Waals surface area contributed by atoms with Crippen LogP contribution in [0.2, 0.25) is 5.28 Å². The Balaban J connectivity index is 1.95. The van der Waals surface area contributed by atoms with Gasteiger partial charge in [-0.1, -0.05) is 0 Å². The quantitative estimate of drug-likeness (QED) is 0.695. The van der Waals surface area contributed by atoms with Crippen molar-refractivity contribution in [1.82, 2.24) is 9.55 Å². The molecule has 0 aliphatic carbocycles. The molecule has 2 aromatic rings. The number of thiocyanates is 1. The van der Waals surface area contributed by atoms with Crippen molar-refractivity contribution in [3.63, 3.8) is 0 Å². The van der Waals surface area contributed by atoms with Crippen molar-refractivity contribution in [2.45, 2.75) is 11.4 Å². The van der Waals surface area contributed by atoms with Crippen molar-refractivity contribution in [3.05, 3.63) is 41.9 Å². The summed E-state index contributed by atoms with van der Waals surface area (Å²) in [7, 11) is 0. The van der Waals surface area contributed by atoms with Gasteiger partial charge in [-0.2, -0.15) is 5.26 Å². The van der Waals surface area contributed by atoms with Crippen LogP contribution in [0.15, 0.2) is 41.6 Å². The smallest absolute Gasteiger partial charge is 0.244 e. The zero-order valence-corrected chi connectivity index (χ0v) is 11.3. The molecule has 0 spiro atoms. The first-order valence-electron chi connectivity index (χ1n) is 5.31. The van der Waals surface area contributed by atoms with Crippen molar-refractivity contribution in [1.29, 1.82) is 5.26 Å². The van der Waals surface area contributed by atoms with Crippen LogP contribution in [0.1, 0.15) is 0 Å². The Kier molecular flexibility index (Phi) is 4.44. The normalized spacial score (nSPS) is 9.89. The Morgan fingerprint density at radius 2 is 2.21 bits per heavy atom. The first kappa shape index (κ1) is 13.5. The van der Waals surface area contributed by atoms with Crippen molar-refractivity contribution in [3.8, 4) is 5.40 Å². The number of halogens is 1. The highest BCUT2D eigenvalue weighted by Gasteiger charge is 2.06. The highest BCUT2D eigenvalue weighted by Crippen LogP contribution is 2.19. The Hall–Kier alpha value is -1.97. The first-order chi connectivity index (χ1) is 9.19. The lowest BCUT2D eigenvalue weighted by Crippen LogP contribution is -2.18. The van der Waals surface area contributed by atoms with Gasteiger partial charge in [0.25, 0.3) is 0 Å². The molecule has 0 atom stereocenters. The van der Waals surface area contributed by atoms with Crippen molar-refractivity contribution in [2.75, 3.05) is 5.32 Å². The molecular weight excluding hydrogens is 284 g/mol. The van der Waals surface area contributed by atoms with Gasteiger partial charge >= 0.3 is 0 Å². The molecule has 1 aromatic heterocycles. The standard InChI is InChI=1S/C12H9ClN4OS/c13-12-15-5-6-17(12)7-11(18)16-9-1-3-10(4-2-9)19-8-14/h1-6H,7H2,(H,16,18). The predicted octanol–water partition coefficient (Wildman–Crippen LogP) is 2.75. The Bertz CT molecular complexity index is 617. The summed E-state index contributed by atoms with van der Waals surface area (Å²) in [5.74, 6) is -0.194. The summed E-state index contributed by atoms with van der Waals surface area (Å²) in [5, 5.41) is 13.5. The van der Waals surface area contributed by atoms with E-state index in [4.69, 9.17) is 16.9 Å². The van der Waals surface area contributed by atoms with Crippen LogP contribution in [0, 0.1) is 10.7 Å². The molecule has 1 aromatic carbocycles. The number of amides is 1. The van der Waals surface area contributed by atoms with Crippen LogP contribution in [0.4, 0.5) is 5.69 Å². The van der Waals surface area contributed by atoms with Gasteiger partial charge in [0, 0.05) is 23.0 Å². The van der Waals surface area contributed by atoms with E-state index >= 15 is 0 Å². The molecule has 0 bridgehead atoms. The monoisotopic (exact) mass is 292 g/mol. The third-order valence-corrected chi connectivity index (χ3v) is 3.19. The van der Waals surface area contributed by atoms with Crippen LogP contribution in [-0.4, -0.2) is 15.5 Å². The van der Waals surface area contributed by atoms with Gasteiger partial charge in [-0.05, 0) is 47.6 Å². The molecule has 5 nitrogen and oxygen atoms in total. The second-order valence-electron chi connectivity index (χ2n) is 3.59. The van der Waals surface area contributed by atoms with E-state index in [-0.39, 0.29) is 17.7 Å². The molecule has 1 heterocycles. The number of aromatic nitrogens is 2. The summed E-state index contributed by atoms with van der Waals surface area (Å²) in [6, 6.07) is 7.03. The molecule has 7 heteroatoms. The summed E-state index contributed by atoms with van der Waals surface area (Å²) in [5.41, 5.74) is 0.670. The topological polar surface area (TPSA) is 70.7 Å². The van der Waals surface area contributed by atoms with E-state index in [2.05, 4.69) is 10.3 Å². The van der Waals surface area contributed by atoms with Crippen LogP contribution in [-0.2, 0) is 11.3 Å². The number of carbonyl (C=O) groups excluding carboxylic acids is 1. The van der Waals surface area contributed by atoms with Gasteiger partial charge < -0.3 is 9.88 Å². The van der Waals surface area contributed by atoms with E-state index in [1.165, 1.54) is 10.8 Å². The van der Waals surface area contributed by atoms with E-state index < -0.39 is 0 Å². The number of nitrogens with zero attached hydrogens (tertiary/aromatic N) is 3. The number of nitrogens with one attached hydrogen (secondary N) is 1. The van der Waals surface area contributed by atoms with E-state index in [0.29, 0.717) is 5.69 Å². The summed E-state index contributed by atoms with van der Waals surface area (Å²) >= 11 is 6.85. The highest BCUT2D eigenvalue weighted by atomic mass is 35.5. The fraction of sp³-hybridized carbons (Fsp3) is 0.0833. The summed E-state index contributed by atoms with van der Waals surface area (Å²) in [6.07, 6.45) is 3.16. The van der Waals surface area contributed by atoms with Gasteiger partial charge in [-0.15, -0.1) is 0 Å². The summed E-state index contributed by atoms with van der Waals surface area (Å²) in [4.78, 5) is 16.4. The van der Waals surface area contributed by atoms with Crippen LogP contribution < -0.4 is 5.32 Å². The lowest BCUT2D eigenvalue weighted by Gasteiger charge is -2.06. The number of rotatable bonds is 4. The number of nitriles is 1.